The van der Waals surface area contributed by atoms with Crippen LogP contribution < -0.4 is 15.8 Å². The third-order valence-electron chi connectivity index (χ3n) is 7.37. The molecule has 12 nitrogen and oxygen atoms in total. The van der Waals surface area contributed by atoms with E-state index in [0.29, 0.717) is 56.4 Å². The summed E-state index contributed by atoms with van der Waals surface area (Å²) in [6.07, 6.45) is -1.91. The van der Waals surface area contributed by atoms with E-state index in [1.54, 1.807) is 4.57 Å². The molecule has 2 N–H and O–H groups in total. The second kappa shape index (κ2) is 12.3. The molecule has 0 saturated carbocycles. The van der Waals surface area contributed by atoms with E-state index in [0.717, 1.165) is 28.3 Å². The van der Waals surface area contributed by atoms with E-state index in [2.05, 4.69) is 15.4 Å². The number of carbonyl (C=O) groups excluding carboxylic acids is 2. The van der Waals surface area contributed by atoms with Crippen LogP contribution in [-0.2, 0) is 33.5 Å². The Morgan fingerprint density at radius 3 is 2.53 bits per heavy atom. The van der Waals surface area contributed by atoms with E-state index >= 15 is 0 Å². The van der Waals surface area contributed by atoms with Gasteiger partial charge >= 0.3 is 6.18 Å². The Hall–Kier alpha value is -3.95. The van der Waals surface area contributed by atoms with Crippen LogP contribution in [0.1, 0.15) is 30.4 Å². The highest BCUT2D eigenvalue weighted by atomic mass is 35.5. The lowest BCUT2D eigenvalue weighted by Gasteiger charge is -2.36. The van der Waals surface area contributed by atoms with Gasteiger partial charge in [0.15, 0.2) is 5.82 Å². The number of aliphatic hydroxyl groups is 1. The molecule has 1 saturated heterocycles. The lowest BCUT2D eigenvalue weighted by Crippen LogP contribution is -2.51. The van der Waals surface area contributed by atoms with Crippen molar-refractivity contribution in [2.24, 2.45) is 0 Å². The molecule has 43 heavy (non-hydrogen) atoms. The van der Waals surface area contributed by atoms with E-state index in [1.165, 1.54) is 4.90 Å². The number of fused-ring (bicyclic) bond motifs is 1. The summed E-state index contributed by atoms with van der Waals surface area (Å²) in [6.45, 7) is 2.86. The minimum Gasteiger partial charge on any atom is -0.387 e. The topological polar surface area (TPSA) is 134 Å². The molecule has 5 rings (SSSR count). The highest BCUT2D eigenvalue weighted by Crippen LogP contribution is 2.34. The average Bonchev–Trinajstić information content (AvgIpc) is 3.45. The summed E-state index contributed by atoms with van der Waals surface area (Å²) in [5, 5.41) is 16.0. The molecular formula is C27H29ClF3N7O5. The van der Waals surface area contributed by atoms with Crippen LogP contribution in [0.2, 0.25) is 5.02 Å². The van der Waals surface area contributed by atoms with Gasteiger partial charge in [-0.1, -0.05) is 24.6 Å². The fraction of sp³-hybridized carbons (Fsp3) is 0.444. The molecule has 230 valence electrons. The number of nitrogens with one attached hydrogen (secondary N) is 1. The monoisotopic (exact) mass is 623 g/mol. The number of hydrogen-bond donors (Lipinski definition) is 2. The second-order valence-electron chi connectivity index (χ2n) is 10.0. The Morgan fingerprint density at radius 2 is 1.93 bits per heavy atom. The number of hydrogen-bond acceptors (Lipinski definition) is 8. The fourth-order valence-electron chi connectivity index (χ4n) is 5.20. The normalized spacial score (nSPS) is 16.0. The Balaban J connectivity index is 1.54. The van der Waals surface area contributed by atoms with Gasteiger partial charge < -0.3 is 29.5 Å². The Bertz CT molecular complexity index is 1640. The number of amides is 2. The van der Waals surface area contributed by atoms with Crippen molar-refractivity contribution in [1.82, 2.24) is 24.1 Å². The SMILES string of the molecule is CCc1c(N2CCN(C(=O)CO)CC2)c(=O)n2nc(C3=CCOCC3)nc2n1CC(=O)Nc1ccc(C(F)(F)F)cc1Cl. The number of aromatic nitrogens is 4. The summed E-state index contributed by atoms with van der Waals surface area (Å²) >= 11 is 6.06. The standard InChI is InChI=1S/C27H29ClF3N7O5/c1-2-20-23(36-9-7-35(8-10-36)22(41)15-39)25(42)38-26(33-24(34-38)16-5-11-43-12-6-16)37(20)14-21(40)32-19-4-3-17(13-18(19)28)27(29,30)31/h3-5,13,39H,2,6-12,14-15H2,1H3,(H,32,40). The lowest BCUT2D eigenvalue weighted by atomic mass is 10.1. The van der Waals surface area contributed by atoms with Gasteiger partial charge in [0.1, 0.15) is 18.8 Å². The number of aliphatic hydroxyl groups excluding tert-OH is 1. The van der Waals surface area contributed by atoms with E-state index in [4.69, 9.17) is 16.3 Å². The number of ether oxygens (including phenoxy) is 1. The molecular weight excluding hydrogens is 595 g/mol. The van der Waals surface area contributed by atoms with Gasteiger partial charge in [-0.2, -0.15) is 22.7 Å². The van der Waals surface area contributed by atoms with Crippen molar-refractivity contribution in [1.29, 1.82) is 0 Å². The Kier molecular flexibility index (Phi) is 8.76. The molecule has 16 heteroatoms. The fourth-order valence-corrected chi connectivity index (χ4v) is 5.43. The van der Waals surface area contributed by atoms with Crippen LogP contribution in [0.3, 0.4) is 0 Å². The van der Waals surface area contributed by atoms with Crippen molar-refractivity contribution in [2.45, 2.75) is 32.5 Å². The third-order valence-corrected chi connectivity index (χ3v) is 7.68. The number of benzene rings is 1. The van der Waals surface area contributed by atoms with Crippen LogP contribution in [-0.4, -0.2) is 87.0 Å². The van der Waals surface area contributed by atoms with Crippen molar-refractivity contribution in [3.63, 3.8) is 0 Å². The Morgan fingerprint density at radius 1 is 1.19 bits per heavy atom. The molecule has 2 aliphatic rings. The first-order chi connectivity index (χ1) is 20.5. The van der Waals surface area contributed by atoms with Crippen molar-refractivity contribution in [2.75, 3.05) is 56.2 Å². The quantitative estimate of drug-likeness (QED) is 0.409. The third kappa shape index (κ3) is 6.24. The van der Waals surface area contributed by atoms with Crippen molar-refractivity contribution >= 4 is 46.1 Å². The first-order valence-corrected chi connectivity index (χ1v) is 14.0. The summed E-state index contributed by atoms with van der Waals surface area (Å²) < 4.78 is 47.3. The zero-order valence-electron chi connectivity index (χ0n) is 23.2. The maximum Gasteiger partial charge on any atom is 0.416 e. The zero-order chi connectivity index (χ0) is 30.9. The Labute approximate surface area is 248 Å². The maximum absolute atomic E-state index is 13.9. The first-order valence-electron chi connectivity index (χ1n) is 13.6. The predicted octanol–water partition coefficient (Wildman–Crippen LogP) is 2.21. The van der Waals surface area contributed by atoms with Crippen LogP contribution in [0.15, 0.2) is 29.1 Å². The minimum absolute atomic E-state index is 0.00538. The van der Waals surface area contributed by atoms with Crippen LogP contribution in [0.5, 0.6) is 0 Å². The molecule has 0 spiro atoms. The van der Waals surface area contributed by atoms with Gasteiger partial charge in [0.05, 0.1) is 35.2 Å². The molecule has 0 unspecified atom stereocenters. The number of halogens is 4. The van der Waals surface area contributed by atoms with Crippen molar-refractivity contribution < 1.29 is 32.6 Å². The molecule has 0 radical (unpaired) electrons. The highest BCUT2D eigenvalue weighted by Gasteiger charge is 2.32. The number of rotatable bonds is 7. The summed E-state index contributed by atoms with van der Waals surface area (Å²) in [7, 11) is 0. The van der Waals surface area contributed by atoms with E-state index in [9.17, 15) is 32.7 Å². The average molecular weight is 624 g/mol. The molecule has 0 atom stereocenters. The summed E-state index contributed by atoms with van der Waals surface area (Å²) in [4.78, 5) is 47.1. The summed E-state index contributed by atoms with van der Waals surface area (Å²) in [5.41, 5.74) is 0.182. The van der Waals surface area contributed by atoms with Gasteiger partial charge in [0.2, 0.25) is 17.6 Å². The molecule has 3 aromatic rings. The lowest BCUT2D eigenvalue weighted by molar-refractivity contribution is -0.137. The van der Waals surface area contributed by atoms with E-state index < -0.39 is 35.7 Å². The zero-order valence-corrected chi connectivity index (χ0v) is 23.9. The van der Waals surface area contributed by atoms with Gasteiger partial charge in [-0.15, -0.1) is 5.10 Å². The van der Waals surface area contributed by atoms with E-state index in [-0.39, 0.29) is 36.1 Å². The number of nitrogens with zero attached hydrogens (tertiary/aromatic N) is 6. The largest absolute Gasteiger partial charge is 0.416 e. The summed E-state index contributed by atoms with van der Waals surface area (Å²) in [5.74, 6) is -0.581. The smallest absolute Gasteiger partial charge is 0.387 e. The maximum atomic E-state index is 13.9. The number of piperazine rings is 1. The highest BCUT2D eigenvalue weighted by molar-refractivity contribution is 6.33. The number of carbonyl (C=O) groups is 2. The van der Waals surface area contributed by atoms with Crippen LogP contribution in [0.25, 0.3) is 11.4 Å². The van der Waals surface area contributed by atoms with Crippen molar-refractivity contribution in [3.05, 3.63) is 56.7 Å². The first kappa shape index (κ1) is 30.5. The molecule has 1 fully saturated rings. The van der Waals surface area contributed by atoms with Crippen LogP contribution in [0.4, 0.5) is 24.5 Å². The molecule has 2 amide bonds. The summed E-state index contributed by atoms with van der Waals surface area (Å²) in [6, 6.07) is 2.64. The van der Waals surface area contributed by atoms with Gasteiger partial charge in [0, 0.05) is 26.2 Å². The van der Waals surface area contributed by atoms with Crippen LogP contribution in [0, 0.1) is 0 Å². The van der Waals surface area contributed by atoms with Gasteiger partial charge in [-0.3, -0.25) is 14.4 Å². The van der Waals surface area contributed by atoms with Gasteiger partial charge in [-0.25, -0.2) is 0 Å². The van der Waals surface area contributed by atoms with Crippen LogP contribution >= 0.6 is 11.6 Å². The molecule has 0 bridgehead atoms. The van der Waals surface area contributed by atoms with Gasteiger partial charge in [0.25, 0.3) is 5.56 Å². The number of alkyl halides is 3. The molecule has 1 aromatic carbocycles. The van der Waals surface area contributed by atoms with E-state index in [1.807, 2.05) is 17.9 Å². The molecule has 4 heterocycles. The molecule has 0 aliphatic carbocycles. The number of anilines is 2. The van der Waals surface area contributed by atoms with Gasteiger partial charge in [-0.05, 0) is 36.6 Å². The molecule has 2 aromatic heterocycles. The van der Waals surface area contributed by atoms with Crippen molar-refractivity contribution in [3.8, 4) is 0 Å². The second-order valence-corrected chi connectivity index (χ2v) is 10.4. The molecule has 2 aliphatic heterocycles. The predicted molar refractivity (Wildman–Crippen MR) is 151 cm³/mol. The minimum atomic E-state index is -4.59.